The normalized spacial score (nSPS) is 21.6. The average Bonchev–Trinajstić information content (AvgIpc) is 2.93. The molecule has 3 rings (SSSR count). The van der Waals surface area contributed by atoms with E-state index in [1.54, 1.807) is 0 Å². The van der Waals surface area contributed by atoms with Gasteiger partial charge in [0.05, 0.1) is 11.2 Å². The summed E-state index contributed by atoms with van der Waals surface area (Å²) in [4.78, 5) is 16.5. The fourth-order valence-electron chi connectivity index (χ4n) is 2.68. The van der Waals surface area contributed by atoms with Crippen LogP contribution in [0.4, 0.5) is 0 Å². The van der Waals surface area contributed by atoms with Crippen molar-refractivity contribution in [3.05, 3.63) is 41.2 Å². The van der Waals surface area contributed by atoms with Crippen LogP contribution in [0.1, 0.15) is 30.1 Å². The highest BCUT2D eigenvalue weighted by molar-refractivity contribution is 6.34. The van der Waals surface area contributed by atoms with Crippen LogP contribution < -0.4 is 5.32 Å². The first-order valence-corrected chi connectivity index (χ1v) is 7.42. The molecule has 21 heavy (non-hydrogen) atoms. The third kappa shape index (κ3) is 2.87. The lowest BCUT2D eigenvalue weighted by atomic mass is 10.0. The quantitative estimate of drug-likeness (QED) is 0.886. The molecule has 1 saturated heterocycles. The van der Waals surface area contributed by atoms with Crippen LogP contribution in [0.25, 0.3) is 10.8 Å². The Balaban J connectivity index is 1.83. The number of nitrogens with zero attached hydrogens (tertiary/aromatic N) is 1. The Morgan fingerprint density at radius 2 is 2.19 bits per heavy atom. The van der Waals surface area contributed by atoms with E-state index in [1.807, 2.05) is 31.2 Å². The molecular formula is C16H17ClN2O2. The fourth-order valence-corrected chi connectivity index (χ4v) is 2.89. The van der Waals surface area contributed by atoms with Gasteiger partial charge in [-0.2, -0.15) is 0 Å². The van der Waals surface area contributed by atoms with Crippen molar-refractivity contribution >= 4 is 28.3 Å². The lowest BCUT2D eigenvalue weighted by molar-refractivity contribution is 0.0206. The van der Waals surface area contributed by atoms with E-state index in [9.17, 15) is 4.79 Å². The van der Waals surface area contributed by atoms with Crippen LogP contribution in [0.5, 0.6) is 0 Å². The maximum Gasteiger partial charge on any atom is 0.253 e. The van der Waals surface area contributed by atoms with E-state index in [4.69, 9.17) is 16.3 Å². The van der Waals surface area contributed by atoms with Crippen molar-refractivity contribution in [3.63, 3.8) is 0 Å². The second-order valence-electron chi connectivity index (χ2n) is 5.59. The molecule has 1 fully saturated rings. The molecule has 0 radical (unpaired) electrons. The minimum Gasteiger partial charge on any atom is -0.373 e. The van der Waals surface area contributed by atoms with E-state index in [-0.39, 0.29) is 11.5 Å². The third-order valence-electron chi connectivity index (χ3n) is 3.91. The van der Waals surface area contributed by atoms with Crippen LogP contribution in [0.2, 0.25) is 5.15 Å². The summed E-state index contributed by atoms with van der Waals surface area (Å²) >= 11 is 6.07. The highest BCUT2D eigenvalue weighted by atomic mass is 35.5. The Kier molecular flexibility index (Phi) is 3.83. The van der Waals surface area contributed by atoms with Gasteiger partial charge in [-0.1, -0.05) is 35.9 Å². The average molecular weight is 305 g/mol. The number of carbonyl (C=O) groups is 1. The molecule has 0 bridgehead atoms. The molecule has 1 aliphatic heterocycles. The van der Waals surface area contributed by atoms with Gasteiger partial charge in [0.15, 0.2) is 0 Å². The number of aromatic nitrogens is 1. The zero-order valence-electron chi connectivity index (χ0n) is 11.9. The first-order valence-electron chi connectivity index (χ1n) is 7.04. The van der Waals surface area contributed by atoms with Gasteiger partial charge in [0, 0.05) is 24.7 Å². The number of hydrogen-bond acceptors (Lipinski definition) is 3. The summed E-state index contributed by atoms with van der Waals surface area (Å²) in [6, 6.07) is 7.51. The van der Waals surface area contributed by atoms with Crippen LogP contribution in [0.3, 0.4) is 0 Å². The van der Waals surface area contributed by atoms with Crippen molar-refractivity contribution in [2.24, 2.45) is 0 Å². The second kappa shape index (κ2) is 5.62. The van der Waals surface area contributed by atoms with E-state index in [0.717, 1.165) is 30.2 Å². The Morgan fingerprint density at radius 3 is 2.90 bits per heavy atom. The van der Waals surface area contributed by atoms with Crippen LogP contribution in [0.15, 0.2) is 30.5 Å². The van der Waals surface area contributed by atoms with Gasteiger partial charge in [0.1, 0.15) is 5.15 Å². The van der Waals surface area contributed by atoms with Crippen molar-refractivity contribution in [2.45, 2.75) is 25.4 Å². The summed E-state index contributed by atoms with van der Waals surface area (Å²) in [7, 11) is 0. The van der Waals surface area contributed by atoms with Gasteiger partial charge in [-0.05, 0) is 25.2 Å². The van der Waals surface area contributed by atoms with E-state index < -0.39 is 0 Å². The molecule has 5 heteroatoms. The monoisotopic (exact) mass is 304 g/mol. The zero-order valence-corrected chi connectivity index (χ0v) is 12.6. The summed E-state index contributed by atoms with van der Waals surface area (Å²) in [5.41, 5.74) is 0.280. The SMILES string of the molecule is CC1(CNC(=O)c2cnc(Cl)c3ccccc23)CCCO1. The van der Waals surface area contributed by atoms with Crippen LogP contribution >= 0.6 is 11.6 Å². The number of halogens is 1. The molecule has 0 saturated carbocycles. The standard InChI is InChI=1S/C16H17ClN2O2/c1-16(7-4-8-21-16)10-19-15(20)13-9-18-14(17)12-6-3-2-5-11(12)13/h2-3,5-6,9H,4,7-8,10H2,1H3,(H,19,20). The number of hydrogen-bond donors (Lipinski definition) is 1. The summed E-state index contributed by atoms with van der Waals surface area (Å²) < 4.78 is 5.68. The van der Waals surface area contributed by atoms with Crippen LogP contribution in [0, 0.1) is 0 Å². The van der Waals surface area contributed by atoms with Gasteiger partial charge in [-0.25, -0.2) is 4.98 Å². The Bertz CT molecular complexity index is 681. The zero-order chi connectivity index (χ0) is 14.9. The Morgan fingerprint density at radius 1 is 1.43 bits per heavy atom. The van der Waals surface area contributed by atoms with Gasteiger partial charge >= 0.3 is 0 Å². The predicted molar refractivity (Wildman–Crippen MR) is 82.7 cm³/mol. The Hall–Kier alpha value is -1.65. The molecule has 1 aromatic carbocycles. The maximum absolute atomic E-state index is 12.4. The molecule has 1 aliphatic rings. The van der Waals surface area contributed by atoms with Crippen molar-refractivity contribution in [3.8, 4) is 0 Å². The van der Waals surface area contributed by atoms with E-state index in [0.29, 0.717) is 17.3 Å². The molecule has 0 spiro atoms. The van der Waals surface area contributed by atoms with Gasteiger partial charge in [0.2, 0.25) is 0 Å². The van der Waals surface area contributed by atoms with Crippen molar-refractivity contribution in [1.29, 1.82) is 0 Å². The number of rotatable bonds is 3. The van der Waals surface area contributed by atoms with Crippen LogP contribution in [-0.2, 0) is 4.74 Å². The molecule has 1 N–H and O–H groups in total. The van der Waals surface area contributed by atoms with E-state index in [2.05, 4.69) is 10.3 Å². The minimum absolute atomic E-state index is 0.146. The summed E-state index contributed by atoms with van der Waals surface area (Å²) in [6.07, 6.45) is 3.53. The van der Waals surface area contributed by atoms with Crippen molar-refractivity contribution < 1.29 is 9.53 Å². The number of carbonyl (C=O) groups excluding carboxylic acids is 1. The lowest BCUT2D eigenvalue weighted by Crippen LogP contribution is -2.40. The molecule has 1 unspecified atom stereocenters. The van der Waals surface area contributed by atoms with Gasteiger partial charge < -0.3 is 10.1 Å². The molecule has 110 valence electrons. The first-order chi connectivity index (χ1) is 10.1. The molecule has 1 atom stereocenters. The number of ether oxygens (including phenoxy) is 1. The minimum atomic E-state index is -0.259. The molecule has 4 nitrogen and oxygen atoms in total. The molecule has 2 aromatic rings. The number of amides is 1. The van der Waals surface area contributed by atoms with E-state index in [1.165, 1.54) is 6.20 Å². The molecule has 2 heterocycles. The van der Waals surface area contributed by atoms with Gasteiger partial charge in [0.25, 0.3) is 5.91 Å². The van der Waals surface area contributed by atoms with Crippen molar-refractivity contribution in [1.82, 2.24) is 10.3 Å². The third-order valence-corrected chi connectivity index (χ3v) is 4.22. The molecular weight excluding hydrogens is 288 g/mol. The van der Waals surface area contributed by atoms with E-state index >= 15 is 0 Å². The molecule has 0 aliphatic carbocycles. The highest BCUT2D eigenvalue weighted by Gasteiger charge is 2.30. The summed E-state index contributed by atoms with van der Waals surface area (Å²) in [5.74, 6) is -0.146. The number of benzene rings is 1. The smallest absolute Gasteiger partial charge is 0.253 e. The second-order valence-corrected chi connectivity index (χ2v) is 5.95. The predicted octanol–water partition coefficient (Wildman–Crippen LogP) is 3.19. The number of fused-ring (bicyclic) bond motifs is 1. The molecule has 1 amide bonds. The molecule has 1 aromatic heterocycles. The topological polar surface area (TPSA) is 51.2 Å². The number of nitrogens with one attached hydrogen (secondary N) is 1. The summed E-state index contributed by atoms with van der Waals surface area (Å²) in [5, 5.41) is 4.96. The summed E-state index contributed by atoms with van der Waals surface area (Å²) in [6.45, 7) is 3.29. The highest BCUT2D eigenvalue weighted by Crippen LogP contribution is 2.26. The van der Waals surface area contributed by atoms with Crippen LogP contribution in [-0.4, -0.2) is 29.6 Å². The lowest BCUT2D eigenvalue weighted by Gasteiger charge is -2.23. The first kappa shape index (κ1) is 14.3. The van der Waals surface area contributed by atoms with Crippen molar-refractivity contribution in [2.75, 3.05) is 13.2 Å². The Labute approximate surface area is 128 Å². The fraction of sp³-hybridized carbons (Fsp3) is 0.375. The maximum atomic E-state index is 12.4. The largest absolute Gasteiger partial charge is 0.373 e. The number of pyridine rings is 1. The van der Waals surface area contributed by atoms with Gasteiger partial charge in [-0.15, -0.1) is 0 Å². The van der Waals surface area contributed by atoms with Gasteiger partial charge in [-0.3, -0.25) is 4.79 Å².